The molecule has 0 aliphatic carbocycles. The third-order valence-electron chi connectivity index (χ3n) is 3.46. The molecular formula is C14H20INO2. The molecule has 3 nitrogen and oxygen atoms in total. The van der Waals surface area contributed by atoms with Crippen LogP contribution in [0, 0.1) is 9.49 Å². The number of piperidine rings is 1. The normalized spacial score (nSPS) is 20.9. The van der Waals surface area contributed by atoms with Crippen LogP contribution in [0.5, 0.6) is 11.5 Å². The average molecular weight is 361 g/mol. The molecule has 4 heteroatoms. The van der Waals surface area contributed by atoms with Crippen molar-refractivity contribution >= 4 is 22.6 Å². The predicted molar refractivity (Wildman–Crippen MR) is 81.1 cm³/mol. The van der Waals surface area contributed by atoms with Gasteiger partial charge in [0.05, 0.1) is 10.7 Å². The maximum atomic E-state index is 9.82. The molecule has 1 aromatic carbocycles. The number of hydrogen-bond donors (Lipinski definition) is 1. The van der Waals surface area contributed by atoms with E-state index in [2.05, 4.69) is 34.4 Å². The van der Waals surface area contributed by atoms with Crippen molar-refractivity contribution in [1.82, 2.24) is 4.90 Å². The molecule has 1 heterocycles. The Labute approximate surface area is 122 Å². The second kappa shape index (κ2) is 6.10. The standard InChI is InChI=1S/C14H20INO2/c1-10-4-3-5-16(8-10)9-11-6-12(15)14(17)13(7-11)18-2/h6-7,10,17H,3-5,8-9H2,1-2H3/t10-/m1/s1. The first kappa shape index (κ1) is 13.9. The Balaban J connectivity index is 2.11. The quantitative estimate of drug-likeness (QED) is 0.840. The second-order valence-electron chi connectivity index (χ2n) is 5.11. The number of benzene rings is 1. The first-order valence-electron chi connectivity index (χ1n) is 6.38. The van der Waals surface area contributed by atoms with Gasteiger partial charge in [-0.2, -0.15) is 0 Å². The average Bonchev–Trinajstić information content (AvgIpc) is 2.33. The molecule has 0 unspecified atom stereocenters. The van der Waals surface area contributed by atoms with E-state index in [4.69, 9.17) is 4.74 Å². The zero-order valence-corrected chi connectivity index (χ0v) is 13.1. The summed E-state index contributed by atoms with van der Waals surface area (Å²) >= 11 is 2.15. The van der Waals surface area contributed by atoms with Crippen LogP contribution in [-0.4, -0.2) is 30.2 Å². The van der Waals surface area contributed by atoms with E-state index in [0.717, 1.165) is 16.0 Å². The fourth-order valence-electron chi connectivity index (χ4n) is 2.56. The Kier molecular flexibility index (Phi) is 4.72. The molecule has 0 amide bonds. The number of phenolic OH excluding ortho intramolecular Hbond substituents is 1. The Morgan fingerprint density at radius 3 is 2.94 bits per heavy atom. The van der Waals surface area contributed by atoms with Crippen LogP contribution in [0.2, 0.25) is 0 Å². The van der Waals surface area contributed by atoms with E-state index >= 15 is 0 Å². The fraction of sp³-hybridized carbons (Fsp3) is 0.571. The van der Waals surface area contributed by atoms with Gasteiger partial charge in [0.2, 0.25) is 0 Å². The lowest BCUT2D eigenvalue weighted by Crippen LogP contribution is -2.33. The summed E-state index contributed by atoms with van der Waals surface area (Å²) in [6.07, 6.45) is 2.63. The fourth-order valence-corrected chi connectivity index (χ4v) is 3.23. The van der Waals surface area contributed by atoms with Gasteiger partial charge in [-0.15, -0.1) is 0 Å². The summed E-state index contributed by atoms with van der Waals surface area (Å²) in [6.45, 7) is 5.59. The van der Waals surface area contributed by atoms with Crippen LogP contribution in [0.1, 0.15) is 25.3 Å². The summed E-state index contributed by atoms with van der Waals surface area (Å²) in [5.41, 5.74) is 1.21. The number of aromatic hydroxyl groups is 1. The molecule has 1 N–H and O–H groups in total. The summed E-state index contributed by atoms with van der Waals surface area (Å²) in [5.74, 6) is 1.60. The smallest absolute Gasteiger partial charge is 0.171 e. The molecule has 0 radical (unpaired) electrons. The third-order valence-corrected chi connectivity index (χ3v) is 4.28. The summed E-state index contributed by atoms with van der Waals surface area (Å²) in [6, 6.07) is 3.98. The molecule has 1 saturated heterocycles. The topological polar surface area (TPSA) is 32.7 Å². The highest BCUT2D eigenvalue weighted by Gasteiger charge is 2.17. The van der Waals surface area contributed by atoms with Crippen LogP contribution in [-0.2, 0) is 6.54 Å². The van der Waals surface area contributed by atoms with E-state index in [0.29, 0.717) is 5.75 Å². The molecule has 0 bridgehead atoms. The summed E-state index contributed by atoms with van der Waals surface area (Å²) in [5, 5.41) is 9.82. The van der Waals surface area contributed by atoms with E-state index in [1.807, 2.05) is 12.1 Å². The van der Waals surface area contributed by atoms with E-state index in [1.165, 1.54) is 31.5 Å². The van der Waals surface area contributed by atoms with Gasteiger partial charge in [-0.25, -0.2) is 0 Å². The molecule has 1 fully saturated rings. The monoisotopic (exact) mass is 361 g/mol. The summed E-state index contributed by atoms with van der Waals surface area (Å²) in [7, 11) is 1.60. The van der Waals surface area contributed by atoms with Gasteiger partial charge >= 0.3 is 0 Å². The van der Waals surface area contributed by atoms with Crippen molar-refractivity contribution in [3.05, 3.63) is 21.3 Å². The Hall–Kier alpha value is -0.490. The highest BCUT2D eigenvalue weighted by atomic mass is 127. The molecule has 1 atom stereocenters. The van der Waals surface area contributed by atoms with Gasteiger partial charge < -0.3 is 9.84 Å². The van der Waals surface area contributed by atoms with Gasteiger partial charge in [-0.05, 0) is 65.6 Å². The lowest BCUT2D eigenvalue weighted by molar-refractivity contribution is 0.176. The van der Waals surface area contributed by atoms with Crippen molar-refractivity contribution in [3.63, 3.8) is 0 Å². The van der Waals surface area contributed by atoms with Gasteiger partial charge in [0.15, 0.2) is 11.5 Å². The molecular weight excluding hydrogens is 341 g/mol. The summed E-state index contributed by atoms with van der Waals surface area (Å²) in [4.78, 5) is 2.48. The van der Waals surface area contributed by atoms with Crippen LogP contribution >= 0.6 is 22.6 Å². The van der Waals surface area contributed by atoms with Gasteiger partial charge in [-0.3, -0.25) is 4.90 Å². The number of methoxy groups -OCH3 is 1. The molecule has 2 rings (SSSR count). The minimum atomic E-state index is 0.244. The van der Waals surface area contributed by atoms with Gasteiger partial charge in [-0.1, -0.05) is 6.92 Å². The van der Waals surface area contributed by atoms with E-state index in [9.17, 15) is 5.11 Å². The zero-order chi connectivity index (χ0) is 13.1. The number of hydrogen-bond acceptors (Lipinski definition) is 3. The van der Waals surface area contributed by atoms with Gasteiger partial charge in [0, 0.05) is 13.1 Å². The minimum Gasteiger partial charge on any atom is -0.504 e. The minimum absolute atomic E-state index is 0.244. The Bertz CT molecular complexity index is 423. The van der Waals surface area contributed by atoms with Crippen molar-refractivity contribution in [2.45, 2.75) is 26.3 Å². The van der Waals surface area contributed by atoms with Crippen molar-refractivity contribution in [1.29, 1.82) is 0 Å². The number of rotatable bonds is 3. The second-order valence-corrected chi connectivity index (χ2v) is 6.27. The predicted octanol–water partition coefficient (Wildman–Crippen LogP) is 3.24. The first-order chi connectivity index (χ1) is 8.60. The maximum absolute atomic E-state index is 9.82. The lowest BCUT2D eigenvalue weighted by Gasteiger charge is -2.31. The summed E-state index contributed by atoms with van der Waals surface area (Å²) < 4.78 is 6.06. The number of nitrogens with zero attached hydrogens (tertiary/aromatic N) is 1. The van der Waals surface area contributed by atoms with Crippen LogP contribution in [0.25, 0.3) is 0 Å². The molecule has 1 aliphatic rings. The molecule has 18 heavy (non-hydrogen) atoms. The molecule has 0 saturated carbocycles. The van der Waals surface area contributed by atoms with E-state index in [1.54, 1.807) is 7.11 Å². The molecule has 1 aliphatic heterocycles. The van der Waals surface area contributed by atoms with Gasteiger partial charge in [0.25, 0.3) is 0 Å². The SMILES string of the molecule is COc1cc(CN2CCC[C@@H](C)C2)cc(I)c1O. The largest absolute Gasteiger partial charge is 0.504 e. The molecule has 1 aromatic rings. The number of phenols is 1. The Morgan fingerprint density at radius 2 is 2.28 bits per heavy atom. The highest BCUT2D eigenvalue weighted by Crippen LogP contribution is 2.33. The van der Waals surface area contributed by atoms with Crippen LogP contribution in [0.15, 0.2) is 12.1 Å². The van der Waals surface area contributed by atoms with Gasteiger partial charge in [0.1, 0.15) is 0 Å². The maximum Gasteiger partial charge on any atom is 0.171 e. The molecule has 0 spiro atoms. The Morgan fingerprint density at radius 1 is 1.50 bits per heavy atom. The molecule has 100 valence electrons. The number of halogens is 1. The highest BCUT2D eigenvalue weighted by molar-refractivity contribution is 14.1. The van der Waals surface area contributed by atoms with Crippen molar-refractivity contribution < 1.29 is 9.84 Å². The zero-order valence-electron chi connectivity index (χ0n) is 10.9. The van der Waals surface area contributed by atoms with Crippen LogP contribution < -0.4 is 4.74 Å². The van der Waals surface area contributed by atoms with E-state index in [-0.39, 0.29) is 5.75 Å². The lowest BCUT2D eigenvalue weighted by atomic mass is 10.00. The van der Waals surface area contributed by atoms with Crippen molar-refractivity contribution in [3.8, 4) is 11.5 Å². The van der Waals surface area contributed by atoms with Crippen LogP contribution in [0.4, 0.5) is 0 Å². The number of likely N-dealkylation sites (tertiary alicyclic amines) is 1. The van der Waals surface area contributed by atoms with Crippen molar-refractivity contribution in [2.24, 2.45) is 5.92 Å². The number of ether oxygens (including phenoxy) is 1. The van der Waals surface area contributed by atoms with Crippen molar-refractivity contribution in [2.75, 3.05) is 20.2 Å². The van der Waals surface area contributed by atoms with Crippen LogP contribution in [0.3, 0.4) is 0 Å². The first-order valence-corrected chi connectivity index (χ1v) is 7.45. The van der Waals surface area contributed by atoms with E-state index < -0.39 is 0 Å². The third kappa shape index (κ3) is 3.29. The molecule has 0 aromatic heterocycles.